The van der Waals surface area contributed by atoms with Crippen LogP contribution in [0.5, 0.6) is 11.5 Å². The Morgan fingerprint density at radius 2 is 1.86 bits per heavy atom. The molecule has 0 aromatic heterocycles. The van der Waals surface area contributed by atoms with E-state index in [-0.39, 0.29) is 5.75 Å². The molecule has 0 radical (unpaired) electrons. The second kappa shape index (κ2) is 7.50. The van der Waals surface area contributed by atoms with Crippen LogP contribution in [0, 0.1) is 6.92 Å². The summed E-state index contributed by atoms with van der Waals surface area (Å²) in [5, 5.41) is 16.5. The summed E-state index contributed by atoms with van der Waals surface area (Å²) in [5.74, 6) is 0.595. The summed E-state index contributed by atoms with van der Waals surface area (Å²) in [6.07, 6.45) is 1.65. The molecule has 0 fully saturated rings. The van der Waals surface area contributed by atoms with Crippen molar-refractivity contribution >= 4 is 11.9 Å². The van der Waals surface area contributed by atoms with E-state index in [4.69, 9.17) is 4.74 Å². The van der Waals surface area contributed by atoms with Crippen molar-refractivity contribution in [2.45, 2.75) is 20.8 Å². The van der Waals surface area contributed by atoms with E-state index in [2.05, 4.69) is 24.2 Å². The summed E-state index contributed by atoms with van der Waals surface area (Å²) < 4.78 is 5.38. The Balaban J connectivity index is 2.22. The first-order valence-corrected chi connectivity index (χ1v) is 7.48. The largest absolute Gasteiger partial charge is 0.504 e. The fourth-order valence-electron chi connectivity index (χ4n) is 2.10. The molecule has 0 aliphatic carbocycles. The smallest absolute Gasteiger partial charge is 0.166 e. The van der Waals surface area contributed by atoms with Crippen LogP contribution in [0.1, 0.15) is 25.0 Å². The van der Waals surface area contributed by atoms with Crippen molar-refractivity contribution in [3.63, 3.8) is 0 Å². The lowest BCUT2D eigenvalue weighted by atomic mass is 10.2. The standard InChI is InChI=1S/C18H22N2O2/c1-4-20(16-11-9-14(3)10-12-16)19-13-15-7-6-8-17(18(15)21)22-5-2/h6-13,21H,4-5H2,1-3H3/b19-13+. The van der Waals surface area contributed by atoms with Gasteiger partial charge in [0.05, 0.1) is 18.5 Å². The van der Waals surface area contributed by atoms with Crippen molar-refractivity contribution in [2.24, 2.45) is 5.10 Å². The number of phenols is 1. The van der Waals surface area contributed by atoms with Crippen LogP contribution in [0.4, 0.5) is 5.69 Å². The van der Waals surface area contributed by atoms with Gasteiger partial charge in [0.1, 0.15) is 0 Å². The Labute approximate surface area is 131 Å². The Morgan fingerprint density at radius 1 is 1.14 bits per heavy atom. The summed E-state index contributed by atoms with van der Waals surface area (Å²) in [4.78, 5) is 0. The highest BCUT2D eigenvalue weighted by molar-refractivity contribution is 5.85. The lowest BCUT2D eigenvalue weighted by molar-refractivity contribution is 0.318. The molecule has 0 saturated carbocycles. The van der Waals surface area contributed by atoms with E-state index in [1.807, 2.05) is 43.1 Å². The van der Waals surface area contributed by atoms with E-state index in [1.165, 1.54) is 5.56 Å². The van der Waals surface area contributed by atoms with Gasteiger partial charge in [-0.15, -0.1) is 0 Å². The molecule has 0 aliphatic heterocycles. The van der Waals surface area contributed by atoms with Crippen LogP contribution >= 0.6 is 0 Å². The number of aromatic hydroxyl groups is 1. The van der Waals surface area contributed by atoms with E-state index in [9.17, 15) is 5.11 Å². The maximum Gasteiger partial charge on any atom is 0.166 e. The summed E-state index contributed by atoms with van der Waals surface area (Å²) >= 11 is 0. The molecular formula is C18H22N2O2. The number of benzene rings is 2. The molecule has 0 heterocycles. The molecule has 0 saturated heterocycles. The van der Waals surface area contributed by atoms with Crippen molar-refractivity contribution in [3.8, 4) is 11.5 Å². The van der Waals surface area contributed by atoms with Crippen molar-refractivity contribution in [2.75, 3.05) is 18.2 Å². The molecule has 1 N–H and O–H groups in total. The van der Waals surface area contributed by atoms with Gasteiger partial charge in [0.2, 0.25) is 0 Å². The van der Waals surface area contributed by atoms with Gasteiger partial charge >= 0.3 is 0 Å². The molecule has 0 aliphatic rings. The topological polar surface area (TPSA) is 45.1 Å². The molecule has 0 amide bonds. The van der Waals surface area contributed by atoms with Crippen molar-refractivity contribution < 1.29 is 9.84 Å². The molecular weight excluding hydrogens is 276 g/mol. The third kappa shape index (κ3) is 3.79. The second-order valence-electron chi connectivity index (χ2n) is 4.92. The zero-order valence-corrected chi connectivity index (χ0v) is 13.3. The number of rotatable bonds is 6. The number of nitrogens with zero attached hydrogens (tertiary/aromatic N) is 2. The van der Waals surface area contributed by atoms with Gasteiger partial charge in [-0.25, -0.2) is 0 Å². The quantitative estimate of drug-likeness (QED) is 0.648. The first-order valence-electron chi connectivity index (χ1n) is 7.48. The summed E-state index contributed by atoms with van der Waals surface area (Å²) in [6.45, 7) is 7.23. The van der Waals surface area contributed by atoms with E-state index in [1.54, 1.807) is 12.3 Å². The lowest BCUT2D eigenvalue weighted by Gasteiger charge is -2.17. The number of aryl methyl sites for hydroxylation is 1. The average Bonchev–Trinajstić information content (AvgIpc) is 2.53. The third-order valence-electron chi connectivity index (χ3n) is 3.30. The molecule has 0 unspecified atom stereocenters. The van der Waals surface area contributed by atoms with Crippen molar-refractivity contribution in [3.05, 3.63) is 53.6 Å². The second-order valence-corrected chi connectivity index (χ2v) is 4.92. The molecule has 2 aromatic carbocycles. The lowest BCUT2D eigenvalue weighted by Crippen LogP contribution is -2.15. The predicted octanol–water partition coefficient (Wildman–Crippen LogP) is 3.96. The van der Waals surface area contributed by atoms with Crippen molar-refractivity contribution in [1.82, 2.24) is 0 Å². The Morgan fingerprint density at radius 3 is 2.50 bits per heavy atom. The zero-order valence-electron chi connectivity index (χ0n) is 13.3. The highest BCUT2D eigenvalue weighted by Crippen LogP contribution is 2.28. The van der Waals surface area contributed by atoms with Gasteiger partial charge in [0, 0.05) is 12.1 Å². The van der Waals surface area contributed by atoms with Gasteiger partial charge in [0.25, 0.3) is 0 Å². The molecule has 4 heteroatoms. The Kier molecular flexibility index (Phi) is 5.42. The number of hydrogen-bond donors (Lipinski definition) is 1. The van der Waals surface area contributed by atoms with E-state index in [0.717, 1.165) is 12.2 Å². The normalized spacial score (nSPS) is 10.9. The van der Waals surface area contributed by atoms with Gasteiger partial charge in [0.15, 0.2) is 11.5 Å². The number of anilines is 1. The van der Waals surface area contributed by atoms with E-state index >= 15 is 0 Å². The van der Waals surface area contributed by atoms with E-state index < -0.39 is 0 Å². The monoisotopic (exact) mass is 298 g/mol. The maximum atomic E-state index is 10.2. The van der Waals surface area contributed by atoms with Gasteiger partial charge < -0.3 is 9.84 Å². The molecule has 2 rings (SSSR count). The summed E-state index contributed by atoms with van der Waals surface area (Å²) in [6, 6.07) is 13.6. The van der Waals surface area contributed by atoms with Gasteiger partial charge in [-0.2, -0.15) is 5.10 Å². The van der Waals surface area contributed by atoms with Crippen LogP contribution in [0.3, 0.4) is 0 Å². The van der Waals surface area contributed by atoms with Crippen LogP contribution in [0.25, 0.3) is 0 Å². The van der Waals surface area contributed by atoms with Gasteiger partial charge in [-0.1, -0.05) is 23.8 Å². The first kappa shape index (κ1) is 15.9. The zero-order chi connectivity index (χ0) is 15.9. The van der Waals surface area contributed by atoms with Crippen molar-refractivity contribution in [1.29, 1.82) is 0 Å². The number of hydrogen-bond acceptors (Lipinski definition) is 4. The molecule has 0 spiro atoms. The highest BCUT2D eigenvalue weighted by atomic mass is 16.5. The molecule has 4 nitrogen and oxygen atoms in total. The molecule has 2 aromatic rings. The fourth-order valence-corrected chi connectivity index (χ4v) is 2.10. The SMILES string of the molecule is CCOc1cccc(/C=N/N(CC)c2ccc(C)cc2)c1O. The maximum absolute atomic E-state index is 10.2. The van der Waals surface area contributed by atoms with Crippen LogP contribution in [0.15, 0.2) is 47.6 Å². The average molecular weight is 298 g/mol. The summed E-state index contributed by atoms with van der Waals surface area (Å²) in [7, 11) is 0. The highest BCUT2D eigenvalue weighted by Gasteiger charge is 2.07. The Bertz CT molecular complexity index is 636. The van der Waals surface area contributed by atoms with Gasteiger partial charge in [-0.3, -0.25) is 5.01 Å². The molecule has 116 valence electrons. The van der Waals surface area contributed by atoms with Gasteiger partial charge in [-0.05, 0) is 45.0 Å². The molecule has 22 heavy (non-hydrogen) atoms. The first-order chi connectivity index (χ1) is 10.7. The molecule has 0 bridgehead atoms. The van der Waals surface area contributed by atoms with E-state index in [0.29, 0.717) is 17.9 Å². The minimum Gasteiger partial charge on any atom is -0.504 e. The fraction of sp³-hybridized carbons (Fsp3) is 0.278. The third-order valence-corrected chi connectivity index (χ3v) is 3.30. The number of ether oxygens (including phenoxy) is 1. The van der Waals surface area contributed by atoms with Crippen LogP contribution in [-0.2, 0) is 0 Å². The molecule has 0 atom stereocenters. The minimum absolute atomic E-state index is 0.119. The number of hydrazone groups is 1. The summed E-state index contributed by atoms with van der Waals surface area (Å²) in [5.41, 5.74) is 2.87. The Hall–Kier alpha value is -2.49. The number of phenolic OH excluding ortho intramolecular Hbond substituents is 1. The van der Waals surface area contributed by atoms with Crippen LogP contribution in [0.2, 0.25) is 0 Å². The van der Waals surface area contributed by atoms with Crippen LogP contribution in [-0.4, -0.2) is 24.5 Å². The predicted molar refractivity (Wildman–Crippen MR) is 91.1 cm³/mol. The number of para-hydroxylation sites is 1. The minimum atomic E-state index is 0.119. The van der Waals surface area contributed by atoms with Crippen LogP contribution < -0.4 is 9.75 Å².